The van der Waals surface area contributed by atoms with Crippen molar-refractivity contribution in [1.82, 2.24) is 4.90 Å². The normalized spacial score (nSPS) is 18.3. The van der Waals surface area contributed by atoms with Crippen molar-refractivity contribution < 1.29 is 19.8 Å². The van der Waals surface area contributed by atoms with Crippen molar-refractivity contribution in [2.45, 2.75) is 31.7 Å². The third-order valence-electron chi connectivity index (χ3n) is 5.91. The summed E-state index contributed by atoms with van der Waals surface area (Å²) in [4.78, 5) is 30.0. The van der Waals surface area contributed by atoms with E-state index < -0.39 is 23.8 Å². The van der Waals surface area contributed by atoms with Gasteiger partial charge in [0.2, 0.25) is 0 Å². The molecular weight excluding hydrogens is 543 g/mol. The number of halogens is 3. The molecule has 3 aromatic rings. The molecule has 1 aliphatic heterocycles. The zero-order valence-corrected chi connectivity index (χ0v) is 21.2. The first-order chi connectivity index (χ1) is 16.1. The molecule has 0 aliphatic carbocycles. The molecule has 0 spiro atoms. The van der Waals surface area contributed by atoms with Crippen LogP contribution in [0.15, 0.2) is 71.2 Å². The molecule has 0 aromatic heterocycles. The minimum Gasteiger partial charge on any atom is -0.364 e. The highest BCUT2D eigenvalue weighted by molar-refractivity contribution is 9.10. The van der Waals surface area contributed by atoms with E-state index in [1.807, 2.05) is 24.3 Å². The second-order valence-corrected chi connectivity index (χ2v) is 10.1. The molecule has 0 bridgehead atoms. The van der Waals surface area contributed by atoms with Gasteiger partial charge >= 0.3 is 6.03 Å². The third-order valence-corrected chi connectivity index (χ3v) is 6.88. The van der Waals surface area contributed by atoms with Crippen molar-refractivity contribution in [2.75, 3.05) is 4.90 Å². The van der Waals surface area contributed by atoms with Gasteiger partial charge in [0.25, 0.3) is 5.91 Å². The van der Waals surface area contributed by atoms with Crippen LogP contribution in [0.3, 0.4) is 0 Å². The number of benzene rings is 3. The smallest absolute Gasteiger partial charge is 0.332 e. The molecule has 1 aliphatic rings. The van der Waals surface area contributed by atoms with Gasteiger partial charge in [0.15, 0.2) is 6.29 Å². The number of rotatable bonds is 6. The number of carbonyl (C=O) groups is 2. The summed E-state index contributed by atoms with van der Waals surface area (Å²) in [6.07, 6.45) is -1.47. The predicted octanol–water partition coefficient (Wildman–Crippen LogP) is 5.71. The lowest BCUT2D eigenvalue weighted by Gasteiger charge is -2.32. The summed E-state index contributed by atoms with van der Waals surface area (Å²) in [7, 11) is 0. The van der Waals surface area contributed by atoms with Gasteiger partial charge in [-0.25, -0.2) is 9.69 Å². The minimum atomic E-state index is -1.72. The highest BCUT2D eigenvalue weighted by Crippen LogP contribution is 2.38. The lowest BCUT2D eigenvalue weighted by molar-refractivity contribution is -0.124. The average Bonchev–Trinajstić information content (AvgIpc) is 2.95. The number of aliphatic hydroxyl groups is 2. The summed E-state index contributed by atoms with van der Waals surface area (Å²) >= 11 is 15.7. The van der Waals surface area contributed by atoms with E-state index in [1.165, 1.54) is 23.1 Å². The number of nitrogens with zero attached hydrogens (tertiary/aromatic N) is 2. The lowest BCUT2D eigenvalue weighted by atomic mass is 9.90. The minimum absolute atomic E-state index is 0.00378. The fourth-order valence-electron chi connectivity index (χ4n) is 4.18. The predicted molar refractivity (Wildman–Crippen MR) is 135 cm³/mol. The summed E-state index contributed by atoms with van der Waals surface area (Å²) in [5.74, 6) is -0.430. The Hall–Kier alpha value is -2.42. The second kappa shape index (κ2) is 9.68. The number of hydrogen-bond donors (Lipinski definition) is 2. The lowest BCUT2D eigenvalue weighted by Crippen LogP contribution is -2.48. The fourth-order valence-corrected chi connectivity index (χ4v) is 4.96. The molecule has 1 atom stereocenters. The molecule has 1 fully saturated rings. The molecule has 176 valence electrons. The summed E-state index contributed by atoms with van der Waals surface area (Å²) in [5.41, 5.74) is 0.656. The second-order valence-electron chi connectivity index (χ2n) is 8.29. The van der Waals surface area contributed by atoms with E-state index >= 15 is 0 Å². The Bertz CT molecular complexity index is 1230. The Morgan fingerprint density at radius 3 is 2.21 bits per heavy atom. The van der Waals surface area contributed by atoms with E-state index in [9.17, 15) is 19.8 Å². The molecule has 1 saturated heterocycles. The van der Waals surface area contributed by atoms with Crippen LogP contribution >= 0.6 is 39.1 Å². The molecule has 0 unspecified atom stereocenters. The van der Waals surface area contributed by atoms with E-state index in [1.54, 1.807) is 31.2 Å². The standard InChI is InChI=1S/C25H21BrCl2N2O4/c1-25(13-15-6-8-17(26)9-7-15)23(33)30(20-11-18(27)10-19(28)12-20)24(34)29(25)14-16-4-2-3-5-21(16)22(31)32/h2-12,22,31-32H,13-14H2,1H3/t25-/m1/s1. The molecule has 34 heavy (non-hydrogen) atoms. The molecule has 6 nitrogen and oxygen atoms in total. The molecular formula is C25H21BrCl2N2O4. The van der Waals surface area contributed by atoms with Crippen LogP contribution in [0.4, 0.5) is 10.5 Å². The molecule has 9 heteroatoms. The van der Waals surface area contributed by atoms with Gasteiger partial charge in [-0.2, -0.15) is 0 Å². The van der Waals surface area contributed by atoms with Crippen molar-refractivity contribution in [3.8, 4) is 0 Å². The summed E-state index contributed by atoms with van der Waals surface area (Å²) in [5, 5.41) is 20.2. The van der Waals surface area contributed by atoms with Crippen LogP contribution in [0.25, 0.3) is 0 Å². The highest BCUT2D eigenvalue weighted by Gasteiger charge is 2.54. The van der Waals surface area contributed by atoms with Crippen LogP contribution in [0.2, 0.25) is 10.0 Å². The molecule has 3 amide bonds. The van der Waals surface area contributed by atoms with Gasteiger partial charge in [-0.3, -0.25) is 4.79 Å². The SMILES string of the molecule is C[C@@]1(Cc2ccc(Br)cc2)C(=O)N(c2cc(Cl)cc(Cl)c2)C(=O)N1Cc1ccccc1C(O)O. The zero-order valence-electron chi connectivity index (χ0n) is 18.1. The van der Waals surface area contributed by atoms with Crippen LogP contribution in [0, 0.1) is 0 Å². The van der Waals surface area contributed by atoms with Crippen LogP contribution in [-0.4, -0.2) is 32.6 Å². The summed E-state index contributed by atoms with van der Waals surface area (Å²) in [6.45, 7) is 1.70. The number of imide groups is 1. The number of carbonyl (C=O) groups excluding carboxylic acids is 2. The Kier molecular flexibility index (Phi) is 7.03. The Morgan fingerprint density at radius 2 is 1.59 bits per heavy atom. The van der Waals surface area contributed by atoms with Gasteiger partial charge in [-0.15, -0.1) is 0 Å². The van der Waals surface area contributed by atoms with Crippen molar-refractivity contribution in [1.29, 1.82) is 0 Å². The maximum Gasteiger partial charge on any atom is 0.332 e. The van der Waals surface area contributed by atoms with Gasteiger partial charge in [-0.1, -0.05) is 75.5 Å². The van der Waals surface area contributed by atoms with E-state index in [2.05, 4.69) is 15.9 Å². The largest absolute Gasteiger partial charge is 0.364 e. The number of anilines is 1. The first-order valence-corrected chi connectivity index (χ1v) is 12.0. The molecule has 4 rings (SSSR count). The monoisotopic (exact) mass is 562 g/mol. The average molecular weight is 564 g/mol. The molecule has 0 radical (unpaired) electrons. The van der Waals surface area contributed by atoms with Gasteiger partial charge in [0.1, 0.15) is 5.54 Å². The zero-order chi connectivity index (χ0) is 24.6. The van der Waals surface area contributed by atoms with Gasteiger partial charge in [0.05, 0.1) is 5.69 Å². The van der Waals surface area contributed by atoms with Crippen LogP contribution in [-0.2, 0) is 17.8 Å². The van der Waals surface area contributed by atoms with Gasteiger partial charge in [0, 0.05) is 33.0 Å². The first kappa shape index (κ1) is 24.7. The number of aliphatic hydroxyl groups excluding tert-OH is 1. The van der Waals surface area contributed by atoms with Crippen molar-refractivity contribution in [3.63, 3.8) is 0 Å². The molecule has 2 N–H and O–H groups in total. The molecule has 3 aromatic carbocycles. The Morgan fingerprint density at radius 1 is 0.971 bits per heavy atom. The maximum atomic E-state index is 13.8. The molecule has 1 heterocycles. The van der Waals surface area contributed by atoms with Crippen LogP contribution < -0.4 is 4.90 Å². The first-order valence-electron chi connectivity index (χ1n) is 10.4. The summed E-state index contributed by atoms with van der Waals surface area (Å²) in [6, 6.07) is 18.2. The number of hydrogen-bond acceptors (Lipinski definition) is 4. The number of amides is 3. The maximum absolute atomic E-state index is 13.8. The third kappa shape index (κ3) is 4.72. The van der Waals surface area contributed by atoms with Crippen molar-refractivity contribution in [3.05, 3.63) is 97.9 Å². The van der Waals surface area contributed by atoms with E-state index in [4.69, 9.17) is 23.2 Å². The van der Waals surface area contributed by atoms with Crippen LogP contribution in [0.1, 0.15) is 29.9 Å². The van der Waals surface area contributed by atoms with Gasteiger partial charge < -0.3 is 15.1 Å². The Balaban J connectivity index is 1.80. The highest BCUT2D eigenvalue weighted by atomic mass is 79.9. The fraction of sp³-hybridized carbons (Fsp3) is 0.200. The summed E-state index contributed by atoms with van der Waals surface area (Å²) < 4.78 is 0.896. The van der Waals surface area contributed by atoms with Crippen molar-refractivity contribution >= 4 is 56.8 Å². The quantitative estimate of drug-likeness (QED) is 0.297. The topological polar surface area (TPSA) is 81.1 Å². The van der Waals surface area contributed by atoms with E-state index in [-0.39, 0.29) is 24.2 Å². The van der Waals surface area contributed by atoms with Crippen molar-refractivity contribution in [2.24, 2.45) is 0 Å². The van der Waals surface area contributed by atoms with E-state index in [0.717, 1.165) is 14.9 Å². The van der Waals surface area contributed by atoms with Crippen LogP contribution in [0.5, 0.6) is 0 Å². The van der Waals surface area contributed by atoms with Gasteiger partial charge in [-0.05, 0) is 48.4 Å². The number of urea groups is 1. The Labute approximate surface area is 215 Å². The molecule has 0 saturated carbocycles. The van der Waals surface area contributed by atoms with E-state index in [0.29, 0.717) is 15.6 Å².